The molecular formula is C20H18N4. The van der Waals surface area contributed by atoms with Crippen LogP contribution in [0.1, 0.15) is 17.5 Å². The van der Waals surface area contributed by atoms with Gasteiger partial charge in [0.2, 0.25) is 0 Å². The number of hydrazone groups is 1. The molecule has 0 saturated carbocycles. The van der Waals surface area contributed by atoms with Gasteiger partial charge in [-0.25, -0.2) is 4.98 Å². The molecule has 1 aromatic heterocycles. The molecule has 1 N–H and O–H groups in total. The molecular weight excluding hydrogens is 296 g/mol. The van der Waals surface area contributed by atoms with E-state index in [-0.39, 0.29) is 0 Å². The number of aromatic nitrogens is 2. The van der Waals surface area contributed by atoms with Crippen LogP contribution in [0.3, 0.4) is 0 Å². The molecule has 1 atom stereocenters. The van der Waals surface area contributed by atoms with E-state index < -0.39 is 0 Å². The molecule has 4 nitrogen and oxygen atoms in total. The topological polar surface area (TPSA) is 42.2 Å². The van der Waals surface area contributed by atoms with Gasteiger partial charge >= 0.3 is 0 Å². The van der Waals surface area contributed by atoms with Crippen molar-refractivity contribution in [3.05, 3.63) is 72.2 Å². The summed E-state index contributed by atoms with van der Waals surface area (Å²) in [5, 5.41) is 4.53. The first kappa shape index (κ1) is 13.5. The maximum atomic E-state index is 4.56. The molecule has 24 heavy (non-hydrogen) atoms. The van der Waals surface area contributed by atoms with Gasteiger partial charge in [-0.05, 0) is 30.5 Å². The average Bonchev–Trinajstić information content (AvgIpc) is 3.27. The van der Waals surface area contributed by atoms with Crippen molar-refractivity contribution in [2.24, 2.45) is 11.0 Å². The van der Waals surface area contributed by atoms with E-state index in [2.05, 4.69) is 56.6 Å². The number of hydrogen-bond acceptors (Lipinski definition) is 3. The highest BCUT2D eigenvalue weighted by molar-refractivity contribution is 6.06. The minimum absolute atomic E-state index is 0.583. The van der Waals surface area contributed by atoms with Crippen LogP contribution in [0.25, 0.3) is 16.9 Å². The Balaban J connectivity index is 1.50. The number of rotatable bonds is 2. The quantitative estimate of drug-likeness (QED) is 0.787. The molecule has 2 heterocycles. The molecule has 4 heteroatoms. The summed E-state index contributed by atoms with van der Waals surface area (Å²) in [6.45, 7) is 0.983. The highest BCUT2D eigenvalue weighted by atomic mass is 15.3. The van der Waals surface area contributed by atoms with Gasteiger partial charge < -0.3 is 9.99 Å². The fraction of sp³-hybridized carbons (Fsp3) is 0.200. The molecule has 0 amide bonds. The van der Waals surface area contributed by atoms with Crippen molar-refractivity contribution in [2.75, 3.05) is 6.54 Å². The van der Waals surface area contributed by atoms with Crippen molar-refractivity contribution < 1.29 is 0 Å². The van der Waals surface area contributed by atoms with Gasteiger partial charge in [0.25, 0.3) is 0 Å². The third-order valence-electron chi connectivity index (χ3n) is 4.97. The third-order valence-corrected chi connectivity index (χ3v) is 4.97. The third kappa shape index (κ3) is 2.14. The molecule has 0 fully saturated rings. The zero-order chi connectivity index (χ0) is 15.9. The molecule has 5 rings (SSSR count). The maximum Gasteiger partial charge on any atom is 0.0999 e. The average molecular weight is 314 g/mol. The fourth-order valence-corrected chi connectivity index (χ4v) is 3.73. The highest BCUT2D eigenvalue weighted by Crippen LogP contribution is 2.32. The maximum absolute atomic E-state index is 4.56. The van der Waals surface area contributed by atoms with Crippen LogP contribution in [0, 0.1) is 5.92 Å². The largest absolute Gasteiger partial charge is 0.310 e. The molecule has 1 aliphatic heterocycles. The van der Waals surface area contributed by atoms with E-state index in [0.29, 0.717) is 5.92 Å². The molecule has 0 radical (unpaired) electrons. The molecule has 2 aromatic carbocycles. The van der Waals surface area contributed by atoms with E-state index in [4.69, 9.17) is 0 Å². The standard InChI is InChI=1S/C20H18N4/c1-2-4-14(5-3-1)19-12-24(13-21-19)17-6-7-18-16(11-17)10-15-8-9-22-23-20(15)18/h1-7,11-13,15,22H,8-10H2. The van der Waals surface area contributed by atoms with Crippen LogP contribution in [0.5, 0.6) is 0 Å². The van der Waals surface area contributed by atoms with Crippen LogP contribution in [-0.2, 0) is 6.42 Å². The predicted molar refractivity (Wildman–Crippen MR) is 95.4 cm³/mol. The molecule has 0 spiro atoms. The number of fused-ring (bicyclic) bond motifs is 3. The van der Waals surface area contributed by atoms with Crippen LogP contribution in [0.4, 0.5) is 0 Å². The van der Waals surface area contributed by atoms with E-state index in [1.165, 1.54) is 23.3 Å². The summed E-state index contributed by atoms with van der Waals surface area (Å²) in [4.78, 5) is 4.56. The fourth-order valence-electron chi connectivity index (χ4n) is 3.73. The second-order valence-electron chi connectivity index (χ2n) is 6.47. The van der Waals surface area contributed by atoms with Gasteiger partial charge in [0.05, 0.1) is 17.7 Å². The van der Waals surface area contributed by atoms with Crippen molar-refractivity contribution in [1.29, 1.82) is 0 Å². The monoisotopic (exact) mass is 314 g/mol. The van der Waals surface area contributed by atoms with Crippen molar-refractivity contribution in [1.82, 2.24) is 15.0 Å². The summed E-state index contributed by atoms with van der Waals surface area (Å²) < 4.78 is 2.10. The number of hydrogen-bond donors (Lipinski definition) is 1. The summed E-state index contributed by atoms with van der Waals surface area (Å²) >= 11 is 0. The Morgan fingerprint density at radius 1 is 1.08 bits per heavy atom. The van der Waals surface area contributed by atoms with E-state index in [1.54, 1.807) is 0 Å². The highest BCUT2D eigenvalue weighted by Gasteiger charge is 2.30. The van der Waals surface area contributed by atoms with E-state index in [1.807, 2.05) is 24.5 Å². The first-order valence-corrected chi connectivity index (χ1v) is 8.42. The number of benzene rings is 2. The van der Waals surface area contributed by atoms with Crippen LogP contribution in [0.2, 0.25) is 0 Å². The van der Waals surface area contributed by atoms with E-state index in [0.717, 1.165) is 29.9 Å². The molecule has 0 bridgehead atoms. The SMILES string of the molecule is c1ccc(-c2cn(-c3ccc4c(c3)CC3CCNN=C43)cn2)cc1. The summed E-state index contributed by atoms with van der Waals surface area (Å²) in [5.74, 6) is 0.583. The van der Waals surface area contributed by atoms with Gasteiger partial charge in [-0.3, -0.25) is 0 Å². The summed E-state index contributed by atoms with van der Waals surface area (Å²) in [5.41, 5.74) is 10.4. The Morgan fingerprint density at radius 2 is 2.00 bits per heavy atom. The molecule has 1 aliphatic carbocycles. The summed E-state index contributed by atoms with van der Waals surface area (Å²) in [7, 11) is 0. The van der Waals surface area contributed by atoms with Crippen molar-refractivity contribution in [3.63, 3.8) is 0 Å². The van der Waals surface area contributed by atoms with Crippen molar-refractivity contribution in [2.45, 2.75) is 12.8 Å². The van der Waals surface area contributed by atoms with Crippen molar-refractivity contribution >= 4 is 5.71 Å². The zero-order valence-corrected chi connectivity index (χ0v) is 13.3. The summed E-state index contributed by atoms with van der Waals surface area (Å²) in [6.07, 6.45) is 6.26. The summed E-state index contributed by atoms with van der Waals surface area (Å²) in [6, 6.07) is 16.9. The lowest BCUT2D eigenvalue weighted by molar-refractivity contribution is 0.551. The van der Waals surface area contributed by atoms with Crippen LogP contribution in [0.15, 0.2) is 66.2 Å². The van der Waals surface area contributed by atoms with Crippen LogP contribution in [-0.4, -0.2) is 21.8 Å². The second kappa shape index (κ2) is 5.34. The second-order valence-corrected chi connectivity index (χ2v) is 6.47. The van der Waals surface area contributed by atoms with Crippen LogP contribution >= 0.6 is 0 Å². The first-order chi connectivity index (χ1) is 11.9. The lowest BCUT2D eigenvalue weighted by atomic mass is 9.99. The Kier molecular flexibility index (Phi) is 3.01. The molecule has 0 saturated heterocycles. The number of imidazole rings is 1. The Bertz CT molecular complexity index is 924. The van der Waals surface area contributed by atoms with E-state index in [9.17, 15) is 0 Å². The Morgan fingerprint density at radius 3 is 2.92 bits per heavy atom. The first-order valence-electron chi connectivity index (χ1n) is 8.42. The lowest BCUT2D eigenvalue weighted by Gasteiger charge is -2.16. The molecule has 2 aliphatic rings. The van der Waals surface area contributed by atoms with Gasteiger partial charge in [0.15, 0.2) is 0 Å². The minimum Gasteiger partial charge on any atom is -0.310 e. The van der Waals surface area contributed by atoms with Gasteiger partial charge in [0.1, 0.15) is 0 Å². The van der Waals surface area contributed by atoms with Crippen molar-refractivity contribution in [3.8, 4) is 16.9 Å². The predicted octanol–water partition coefficient (Wildman–Crippen LogP) is 3.41. The number of nitrogens with zero attached hydrogens (tertiary/aromatic N) is 3. The van der Waals surface area contributed by atoms with Gasteiger partial charge in [-0.2, -0.15) is 5.10 Å². The molecule has 3 aromatic rings. The number of nitrogens with one attached hydrogen (secondary N) is 1. The van der Waals surface area contributed by atoms with Crippen LogP contribution < -0.4 is 5.43 Å². The minimum atomic E-state index is 0.583. The Hall–Kier alpha value is -2.88. The lowest BCUT2D eigenvalue weighted by Crippen LogP contribution is -2.25. The smallest absolute Gasteiger partial charge is 0.0999 e. The molecule has 118 valence electrons. The van der Waals surface area contributed by atoms with E-state index >= 15 is 0 Å². The zero-order valence-electron chi connectivity index (χ0n) is 13.3. The normalized spacial score (nSPS) is 18.5. The van der Waals surface area contributed by atoms with Gasteiger partial charge in [-0.1, -0.05) is 36.4 Å². The Labute approximate surface area is 140 Å². The van der Waals surface area contributed by atoms with Gasteiger partial charge in [-0.15, -0.1) is 0 Å². The molecule has 1 unspecified atom stereocenters. The van der Waals surface area contributed by atoms with Gasteiger partial charge in [0, 0.05) is 35.5 Å².